The summed E-state index contributed by atoms with van der Waals surface area (Å²) in [4.78, 5) is 25.0. The van der Waals surface area contributed by atoms with Crippen LogP contribution in [0.25, 0.3) is 0 Å². The van der Waals surface area contributed by atoms with Gasteiger partial charge in [-0.15, -0.1) is 0 Å². The topological polar surface area (TPSA) is 67.3 Å². The SMILES string of the molecule is O=C(O)CC(=O)c1ccnc(Cl)c1. The summed E-state index contributed by atoms with van der Waals surface area (Å²) in [5, 5.41) is 8.52. The first kappa shape index (κ1) is 9.67. The van der Waals surface area contributed by atoms with E-state index in [9.17, 15) is 9.59 Å². The zero-order valence-electron chi connectivity index (χ0n) is 6.53. The fourth-order valence-corrected chi connectivity index (χ4v) is 0.989. The Labute approximate surface area is 79.2 Å². The second kappa shape index (κ2) is 4.00. The van der Waals surface area contributed by atoms with Crippen LogP contribution in [0.2, 0.25) is 5.15 Å². The molecule has 0 spiro atoms. The van der Waals surface area contributed by atoms with E-state index in [-0.39, 0.29) is 10.7 Å². The van der Waals surface area contributed by atoms with Crippen LogP contribution in [0.1, 0.15) is 16.8 Å². The van der Waals surface area contributed by atoms with Gasteiger partial charge in [-0.25, -0.2) is 4.98 Å². The first-order valence-electron chi connectivity index (χ1n) is 3.46. The van der Waals surface area contributed by atoms with Crippen LogP contribution in [0.5, 0.6) is 0 Å². The second-order valence-electron chi connectivity index (χ2n) is 2.36. The Morgan fingerprint density at radius 1 is 1.54 bits per heavy atom. The number of ketones is 1. The van der Waals surface area contributed by atoms with Crippen LogP contribution >= 0.6 is 11.6 Å². The maximum atomic E-state index is 11.1. The Hall–Kier alpha value is -1.42. The Kier molecular flexibility index (Phi) is 2.97. The summed E-state index contributed by atoms with van der Waals surface area (Å²) in [5.74, 6) is -1.63. The van der Waals surface area contributed by atoms with Gasteiger partial charge in [0.2, 0.25) is 0 Å². The summed E-state index contributed by atoms with van der Waals surface area (Å²) in [6, 6.07) is 2.77. The number of aromatic nitrogens is 1. The normalized spacial score (nSPS) is 9.62. The molecule has 1 heterocycles. The molecule has 1 rings (SSSR count). The molecule has 0 saturated carbocycles. The van der Waals surface area contributed by atoms with Crippen molar-refractivity contribution in [3.05, 3.63) is 29.0 Å². The second-order valence-corrected chi connectivity index (χ2v) is 2.75. The van der Waals surface area contributed by atoms with Gasteiger partial charge in [0.15, 0.2) is 5.78 Å². The molecule has 0 unspecified atom stereocenters. The number of aliphatic carboxylic acids is 1. The Bertz CT molecular complexity index is 351. The predicted octanol–water partition coefficient (Wildman–Crippen LogP) is 1.39. The van der Waals surface area contributed by atoms with Gasteiger partial charge in [-0.1, -0.05) is 11.6 Å². The fourth-order valence-electron chi connectivity index (χ4n) is 0.815. The summed E-state index contributed by atoms with van der Waals surface area (Å²) in [6.45, 7) is 0. The molecule has 68 valence electrons. The minimum Gasteiger partial charge on any atom is -0.481 e. The summed E-state index contributed by atoms with van der Waals surface area (Å²) in [6.07, 6.45) is 0.831. The van der Waals surface area contributed by atoms with Crippen LogP contribution in [-0.4, -0.2) is 21.8 Å². The average molecular weight is 200 g/mol. The number of hydrogen-bond acceptors (Lipinski definition) is 3. The van der Waals surface area contributed by atoms with Crippen molar-refractivity contribution in [3.8, 4) is 0 Å². The molecule has 0 radical (unpaired) electrons. The van der Waals surface area contributed by atoms with Crippen LogP contribution < -0.4 is 0 Å². The van der Waals surface area contributed by atoms with E-state index >= 15 is 0 Å². The van der Waals surface area contributed by atoms with E-state index in [1.807, 2.05) is 0 Å². The molecule has 13 heavy (non-hydrogen) atoms. The molecule has 0 aromatic carbocycles. The lowest BCUT2D eigenvalue weighted by molar-refractivity contribution is -0.135. The molecule has 0 aliphatic rings. The molecule has 0 atom stereocenters. The zero-order chi connectivity index (χ0) is 9.84. The van der Waals surface area contributed by atoms with Crippen molar-refractivity contribution in [2.75, 3.05) is 0 Å². The molecular formula is C8H6ClNO3. The fraction of sp³-hybridized carbons (Fsp3) is 0.125. The smallest absolute Gasteiger partial charge is 0.311 e. The van der Waals surface area contributed by atoms with Gasteiger partial charge in [-0.05, 0) is 12.1 Å². The number of nitrogens with zero attached hydrogens (tertiary/aromatic N) is 1. The minimum atomic E-state index is -1.15. The van der Waals surface area contributed by atoms with Crippen LogP contribution in [0.4, 0.5) is 0 Å². The highest BCUT2D eigenvalue weighted by molar-refractivity contribution is 6.29. The van der Waals surface area contributed by atoms with Crippen molar-refractivity contribution < 1.29 is 14.7 Å². The zero-order valence-corrected chi connectivity index (χ0v) is 7.28. The summed E-state index contributed by atoms with van der Waals surface area (Å²) in [7, 11) is 0. The lowest BCUT2D eigenvalue weighted by Gasteiger charge is -1.96. The van der Waals surface area contributed by atoms with E-state index in [1.54, 1.807) is 0 Å². The Morgan fingerprint density at radius 2 is 2.23 bits per heavy atom. The van der Waals surface area contributed by atoms with Crippen molar-refractivity contribution in [2.24, 2.45) is 0 Å². The van der Waals surface area contributed by atoms with E-state index in [1.165, 1.54) is 18.3 Å². The number of rotatable bonds is 3. The van der Waals surface area contributed by atoms with Crippen molar-refractivity contribution in [3.63, 3.8) is 0 Å². The lowest BCUT2D eigenvalue weighted by atomic mass is 10.1. The highest BCUT2D eigenvalue weighted by atomic mass is 35.5. The van der Waals surface area contributed by atoms with E-state index < -0.39 is 18.2 Å². The number of carbonyl (C=O) groups is 2. The first-order chi connectivity index (χ1) is 6.09. The monoisotopic (exact) mass is 199 g/mol. The van der Waals surface area contributed by atoms with Gasteiger partial charge in [0.25, 0.3) is 0 Å². The van der Waals surface area contributed by atoms with Gasteiger partial charge < -0.3 is 5.11 Å². The standard InChI is InChI=1S/C8H6ClNO3/c9-7-3-5(1-2-10-7)6(11)4-8(12)13/h1-3H,4H2,(H,12,13). The number of carboxylic acid groups (broad SMARTS) is 1. The molecule has 0 bridgehead atoms. The number of carbonyl (C=O) groups excluding carboxylic acids is 1. The van der Waals surface area contributed by atoms with Gasteiger partial charge in [0, 0.05) is 11.8 Å². The Morgan fingerprint density at radius 3 is 2.77 bits per heavy atom. The summed E-state index contributed by atoms with van der Waals surface area (Å²) in [5.41, 5.74) is 0.266. The van der Waals surface area contributed by atoms with Crippen LogP contribution in [0.3, 0.4) is 0 Å². The number of hydrogen-bond donors (Lipinski definition) is 1. The van der Waals surface area contributed by atoms with Crippen molar-refractivity contribution >= 4 is 23.4 Å². The number of pyridine rings is 1. The molecule has 1 aromatic rings. The molecule has 0 aliphatic carbocycles. The molecule has 1 N–H and O–H groups in total. The molecule has 0 saturated heterocycles. The van der Waals surface area contributed by atoms with E-state index in [4.69, 9.17) is 16.7 Å². The van der Waals surface area contributed by atoms with Crippen molar-refractivity contribution in [2.45, 2.75) is 6.42 Å². The highest BCUT2D eigenvalue weighted by Crippen LogP contribution is 2.08. The van der Waals surface area contributed by atoms with E-state index in [0.29, 0.717) is 0 Å². The molecule has 1 aromatic heterocycles. The minimum absolute atomic E-state index is 0.177. The maximum Gasteiger partial charge on any atom is 0.311 e. The van der Waals surface area contributed by atoms with Crippen LogP contribution in [0.15, 0.2) is 18.3 Å². The molecule has 4 nitrogen and oxygen atoms in total. The number of Topliss-reactive ketones (excluding diaryl/α,β-unsaturated/α-hetero) is 1. The molecule has 0 amide bonds. The molecule has 0 fully saturated rings. The van der Waals surface area contributed by atoms with Gasteiger partial charge in [-0.3, -0.25) is 9.59 Å². The predicted molar refractivity (Wildman–Crippen MR) is 45.8 cm³/mol. The van der Waals surface area contributed by atoms with Gasteiger partial charge >= 0.3 is 5.97 Å². The van der Waals surface area contributed by atoms with Crippen LogP contribution in [0, 0.1) is 0 Å². The quantitative estimate of drug-likeness (QED) is 0.454. The van der Waals surface area contributed by atoms with Crippen LogP contribution in [-0.2, 0) is 4.79 Å². The lowest BCUT2D eigenvalue weighted by Crippen LogP contribution is -2.06. The first-order valence-corrected chi connectivity index (χ1v) is 3.84. The third-order valence-corrected chi connectivity index (χ3v) is 1.57. The third kappa shape index (κ3) is 2.83. The van der Waals surface area contributed by atoms with Gasteiger partial charge in [0.05, 0.1) is 0 Å². The third-order valence-electron chi connectivity index (χ3n) is 1.36. The van der Waals surface area contributed by atoms with E-state index in [2.05, 4.69) is 4.98 Å². The number of carboxylic acids is 1. The van der Waals surface area contributed by atoms with Gasteiger partial charge in [0.1, 0.15) is 11.6 Å². The maximum absolute atomic E-state index is 11.1. The molecule has 5 heteroatoms. The summed E-state index contributed by atoms with van der Waals surface area (Å²) >= 11 is 5.51. The molecule has 0 aliphatic heterocycles. The summed E-state index contributed by atoms with van der Waals surface area (Å²) < 4.78 is 0. The highest BCUT2D eigenvalue weighted by Gasteiger charge is 2.10. The van der Waals surface area contributed by atoms with Gasteiger partial charge in [-0.2, -0.15) is 0 Å². The average Bonchev–Trinajstić information content (AvgIpc) is 2.03. The number of halogens is 1. The van der Waals surface area contributed by atoms with E-state index in [0.717, 1.165) is 0 Å². The largest absolute Gasteiger partial charge is 0.481 e. The van der Waals surface area contributed by atoms with Crippen molar-refractivity contribution in [1.82, 2.24) is 4.98 Å². The Balaban J connectivity index is 2.83. The molecular weight excluding hydrogens is 194 g/mol. The van der Waals surface area contributed by atoms with Crippen molar-refractivity contribution in [1.29, 1.82) is 0 Å².